The van der Waals surface area contributed by atoms with Crippen molar-refractivity contribution in [2.75, 3.05) is 13.1 Å². The van der Waals surface area contributed by atoms with E-state index in [-0.39, 0.29) is 0 Å². The third-order valence-corrected chi connectivity index (χ3v) is 4.40. The summed E-state index contributed by atoms with van der Waals surface area (Å²) in [5.41, 5.74) is 1.25. The van der Waals surface area contributed by atoms with Crippen LogP contribution in [0.15, 0.2) is 0 Å². The van der Waals surface area contributed by atoms with E-state index in [1.165, 1.54) is 51.6 Å². The summed E-state index contributed by atoms with van der Waals surface area (Å²) in [6.45, 7) is 9.72. The van der Waals surface area contributed by atoms with Gasteiger partial charge >= 0.3 is 0 Å². The Morgan fingerprint density at radius 2 is 1.80 bits per heavy atom. The molecule has 0 amide bonds. The predicted molar refractivity (Wildman–Crippen MR) is 65.9 cm³/mol. The molecule has 1 aliphatic heterocycles. The Bertz CT molecular complexity index is 198. The van der Waals surface area contributed by atoms with E-state index in [0.717, 1.165) is 5.92 Å². The van der Waals surface area contributed by atoms with Gasteiger partial charge in [0.1, 0.15) is 0 Å². The molecule has 2 rings (SSSR count). The fourth-order valence-corrected chi connectivity index (χ4v) is 3.58. The zero-order chi connectivity index (χ0) is 10.9. The van der Waals surface area contributed by atoms with Crippen LogP contribution in [0.4, 0.5) is 0 Å². The van der Waals surface area contributed by atoms with Gasteiger partial charge in [-0.1, -0.05) is 20.8 Å². The fraction of sp³-hybridized carbons (Fsp3) is 1.00. The van der Waals surface area contributed by atoms with E-state index in [2.05, 4.69) is 26.1 Å². The standard InChI is InChI=1S/C14H27N/c1-13(2,3)10-12-4-6-14(7-5-12)8-9-15-11-14/h12,15H,4-11H2,1-3H3. The van der Waals surface area contributed by atoms with Gasteiger partial charge in [-0.25, -0.2) is 0 Å². The Morgan fingerprint density at radius 1 is 1.13 bits per heavy atom. The summed E-state index contributed by atoms with van der Waals surface area (Å²) < 4.78 is 0. The molecule has 0 bridgehead atoms. The quantitative estimate of drug-likeness (QED) is 0.696. The number of rotatable bonds is 1. The molecule has 0 radical (unpaired) electrons. The van der Waals surface area contributed by atoms with Gasteiger partial charge < -0.3 is 5.32 Å². The van der Waals surface area contributed by atoms with E-state index in [4.69, 9.17) is 0 Å². The van der Waals surface area contributed by atoms with Crippen LogP contribution in [0, 0.1) is 16.7 Å². The number of hydrogen-bond donors (Lipinski definition) is 1. The lowest BCUT2D eigenvalue weighted by Crippen LogP contribution is -2.30. The SMILES string of the molecule is CC(C)(C)CC1CCC2(CCNC2)CC1. The van der Waals surface area contributed by atoms with Crippen LogP contribution >= 0.6 is 0 Å². The molecule has 2 fully saturated rings. The van der Waals surface area contributed by atoms with Crippen LogP contribution in [-0.2, 0) is 0 Å². The monoisotopic (exact) mass is 209 g/mol. The van der Waals surface area contributed by atoms with Crippen LogP contribution in [0.5, 0.6) is 0 Å². The predicted octanol–water partition coefficient (Wildman–Crippen LogP) is 3.59. The van der Waals surface area contributed by atoms with Crippen molar-refractivity contribution < 1.29 is 0 Å². The molecule has 1 aliphatic carbocycles. The minimum Gasteiger partial charge on any atom is -0.316 e. The van der Waals surface area contributed by atoms with Gasteiger partial charge in [0.05, 0.1) is 0 Å². The van der Waals surface area contributed by atoms with E-state index >= 15 is 0 Å². The first kappa shape index (κ1) is 11.4. The van der Waals surface area contributed by atoms with Crippen molar-refractivity contribution in [3.8, 4) is 0 Å². The van der Waals surface area contributed by atoms with Gasteiger partial charge in [-0.15, -0.1) is 0 Å². The van der Waals surface area contributed by atoms with Crippen molar-refractivity contribution in [2.24, 2.45) is 16.7 Å². The molecule has 1 saturated heterocycles. The van der Waals surface area contributed by atoms with Gasteiger partial charge in [0.25, 0.3) is 0 Å². The number of nitrogens with one attached hydrogen (secondary N) is 1. The minimum atomic E-state index is 0.531. The highest BCUT2D eigenvalue weighted by molar-refractivity contribution is 4.92. The van der Waals surface area contributed by atoms with Crippen LogP contribution in [-0.4, -0.2) is 13.1 Å². The van der Waals surface area contributed by atoms with E-state index in [9.17, 15) is 0 Å². The molecule has 0 unspecified atom stereocenters. The van der Waals surface area contributed by atoms with Crippen LogP contribution in [0.25, 0.3) is 0 Å². The van der Waals surface area contributed by atoms with Crippen molar-refractivity contribution in [3.05, 3.63) is 0 Å². The summed E-state index contributed by atoms with van der Waals surface area (Å²) >= 11 is 0. The highest BCUT2D eigenvalue weighted by Crippen LogP contribution is 2.45. The third-order valence-electron chi connectivity index (χ3n) is 4.40. The molecule has 2 aliphatic rings. The lowest BCUT2D eigenvalue weighted by Gasteiger charge is -2.38. The van der Waals surface area contributed by atoms with Crippen molar-refractivity contribution in [1.29, 1.82) is 0 Å². The zero-order valence-corrected chi connectivity index (χ0v) is 10.7. The molecular formula is C14H27N. The summed E-state index contributed by atoms with van der Waals surface area (Å²) in [6.07, 6.45) is 8.81. The first-order valence-corrected chi connectivity index (χ1v) is 6.70. The Balaban J connectivity index is 1.81. The Hall–Kier alpha value is -0.0400. The molecule has 1 nitrogen and oxygen atoms in total. The number of hydrogen-bond acceptors (Lipinski definition) is 1. The molecule has 0 aromatic heterocycles. The Labute approximate surface area is 95.0 Å². The van der Waals surface area contributed by atoms with Gasteiger partial charge in [0, 0.05) is 6.54 Å². The smallest absolute Gasteiger partial charge is 0.000829 e. The molecule has 1 saturated carbocycles. The maximum Gasteiger partial charge on any atom is 0.000829 e. The van der Waals surface area contributed by atoms with E-state index in [1.54, 1.807) is 0 Å². The molecule has 1 N–H and O–H groups in total. The molecule has 1 heteroatoms. The second-order valence-corrected chi connectivity index (χ2v) is 7.13. The van der Waals surface area contributed by atoms with Crippen LogP contribution in [0.3, 0.4) is 0 Å². The lowest BCUT2D eigenvalue weighted by atomic mass is 9.67. The van der Waals surface area contributed by atoms with E-state index in [1.807, 2.05) is 0 Å². The van der Waals surface area contributed by atoms with Crippen LogP contribution < -0.4 is 5.32 Å². The van der Waals surface area contributed by atoms with Crippen LogP contribution in [0.2, 0.25) is 0 Å². The first-order valence-electron chi connectivity index (χ1n) is 6.70. The van der Waals surface area contributed by atoms with Gasteiger partial charge in [-0.3, -0.25) is 0 Å². The van der Waals surface area contributed by atoms with E-state index in [0.29, 0.717) is 10.8 Å². The third kappa shape index (κ3) is 2.96. The van der Waals surface area contributed by atoms with Crippen LogP contribution in [0.1, 0.15) is 59.3 Å². The maximum absolute atomic E-state index is 3.55. The summed E-state index contributed by atoms with van der Waals surface area (Å²) in [6, 6.07) is 0. The largest absolute Gasteiger partial charge is 0.316 e. The highest BCUT2D eigenvalue weighted by atomic mass is 14.9. The van der Waals surface area contributed by atoms with E-state index < -0.39 is 0 Å². The van der Waals surface area contributed by atoms with Gasteiger partial charge in [0.15, 0.2) is 0 Å². The average Bonchev–Trinajstić information content (AvgIpc) is 2.56. The van der Waals surface area contributed by atoms with Gasteiger partial charge in [-0.05, 0) is 61.8 Å². The van der Waals surface area contributed by atoms with Crippen molar-refractivity contribution in [3.63, 3.8) is 0 Å². The lowest BCUT2D eigenvalue weighted by molar-refractivity contribution is 0.140. The second-order valence-electron chi connectivity index (χ2n) is 7.13. The molecule has 88 valence electrons. The molecule has 1 spiro atoms. The highest BCUT2D eigenvalue weighted by Gasteiger charge is 2.38. The molecule has 0 aromatic carbocycles. The normalized spacial score (nSPS) is 37.4. The molecule has 15 heavy (non-hydrogen) atoms. The minimum absolute atomic E-state index is 0.531. The summed E-state index contributed by atoms with van der Waals surface area (Å²) in [5.74, 6) is 1.01. The van der Waals surface area contributed by atoms with Crippen molar-refractivity contribution >= 4 is 0 Å². The second kappa shape index (κ2) is 4.08. The summed E-state index contributed by atoms with van der Waals surface area (Å²) in [7, 11) is 0. The summed E-state index contributed by atoms with van der Waals surface area (Å²) in [4.78, 5) is 0. The van der Waals surface area contributed by atoms with Crippen molar-refractivity contribution in [2.45, 2.75) is 59.3 Å². The fourth-order valence-electron chi connectivity index (χ4n) is 3.58. The van der Waals surface area contributed by atoms with Gasteiger partial charge in [-0.2, -0.15) is 0 Å². The Kier molecular flexibility index (Phi) is 3.12. The molecule has 1 heterocycles. The molecule has 0 aromatic rings. The Morgan fingerprint density at radius 3 is 2.27 bits per heavy atom. The zero-order valence-electron chi connectivity index (χ0n) is 10.7. The average molecular weight is 209 g/mol. The van der Waals surface area contributed by atoms with Gasteiger partial charge in [0.2, 0.25) is 0 Å². The molecule has 0 atom stereocenters. The first-order chi connectivity index (χ1) is 6.99. The van der Waals surface area contributed by atoms with Crippen molar-refractivity contribution in [1.82, 2.24) is 5.32 Å². The summed E-state index contributed by atoms with van der Waals surface area (Å²) in [5, 5.41) is 3.55. The topological polar surface area (TPSA) is 12.0 Å². The maximum atomic E-state index is 3.55. The molecular weight excluding hydrogens is 182 g/mol.